The molecule has 1 aromatic carbocycles. The molecule has 0 aliphatic rings. The van der Waals surface area contributed by atoms with Crippen LogP contribution in [0.15, 0.2) is 18.2 Å². The fourth-order valence-corrected chi connectivity index (χ4v) is 1.81. The average Bonchev–Trinajstić information content (AvgIpc) is 2.27. The second-order valence-electron chi connectivity index (χ2n) is 5.43. The molecule has 100 valence electrons. The maximum Gasteiger partial charge on any atom is 0.320 e. The Labute approximate surface area is 108 Å². The number of hydrogen-bond donors (Lipinski definition) is 2. The van der Waals surface area contributed by atoms with Crippen LogP contribution >= 0.6 is 0 Å². The molecule has 0 bridgehead atoms. The summed E-state index contributed by atoms with van der Waals surface area (Å²) in [6, 6.07) is 4.83. The van der Waals surface area contributed by atoms with Gasteiger partial charge in [0.25, 0.3) is 0 Å². The molecular formula is C14H21NO3. The smallest absolute Gasteiger partial charge is 0.320 e. The lowest BCUT2D eigenvalue weighted by Gasteiger charge is -2.23. The first-order valence-corrected chi connectivity index (χ1v) is 5.91. The maximum absolute atomic E-state index is 10.8. The van der Waals surface area contributed by atoms with E-state index in [1.54, 1.807) is 7.11 Å². The number of methoxy groups -OCH3 is 1. The van der Waals surface area contributed by atoms with Gasteiger partial charge in [0.2, 0.25) is 0 Å². The number of hydrogen-bond acceptors (Lipinski definition) is 3. The van der Waals surface area contributed by atoms with Crippen LogP contribution in [0.1, 0.15) is 31.9 Å². The summed E-state index contributed by atoms with van der Waals surface area (Å²) in [5.74, 6) is -0.168. The van der Waals surface area contributed by atoms with E-state index in [1.807, 2.05) is 18.2 Å². The molecule has 1 atom stereocenters. The van der Waals surface area contributed by atoms with Gasteiger partial charge < -0.3 is 15.6 Å². The van der Waals surface area contributed by atoms with Gasteiger partial charge in [0.1, 0.15) is 11.8 Å². The lowest BCUT2D eigenvalue weighted by atomic mass is 9.84. The highest BCUT2D eigenvalue weighted by atomic mass is 16.5. The van der Waals surface area contributed by atoms with E-state index < -0.39 is 12.0 Å². The molecule has 0 spiro atoms. The lowest BCUT2D eigenvalue weighted by molar-refractivity contribution is -0.138. The van der Waals surface area contributed by atoms with Gasteiger partial charge in [-0.25, -0.2) is 0 Å². The number of carboxylic acids is 1. The van der Waals surface area contributed by atoms with Crippen molar-refractivity contribution >= 4 is 5.97 Å². The molecule has 0 aromatic heterocycles. The minimum atomic E-state index is -0.983. The zero-order valence-corrected chi connectivity index (χ0v) is 11.4. The van der Waals surface area contributed by atoms with Crippen LogP contribution < -0.4 is 10.5 Å². The van der Waals surface area contributed by atoms with E-state index in [0.29, 0.717) is 6.42 Å². The van der Waals surface area contributed by atoms with Crippen molar-refractivity contribution in [2.75, 3.05) is 7.11 Å². The molecule has 0 heterocycles. The Morgan fingerprint density at radius 1 is 1.44 bits per heavy atom. The van der Waals surface area contributed by atoms with Crippen LogP contribution in [0.2, 0.25) is 0 Å². The summed E-state index contributed by atoms with van der Waals surface area (Å²) < 4.78 is 5.33. The number of aliphatic carboxylic acids is 1. The summed E-state index contributed by atoms with van der Waals surface area (Å²) in [5, 5.41) is 8.82. The van der Waals surface area contributed by atoms with Gasteiger partial charge >= 0.3 is 5.97 Å². The number of rotatable bonds is 4. The molecule has 0 saturated carbocycles. The minimum Gasteiger partial charge on any atom is -0.496 e. The molecule has 4 nitrogen and oxygen atoms in total. The van der Waals surface area contributed by atoms with Crippen LogP contribution in [0.5, 0.6) is 5.75 Å². The molecular weight excluding hydrogens is 230 g/mol. The average molecular weight is 251 g/mol. The lowest BCUT2D eigenvalue weighted by Crippen LogP contribution is -2.32. The van der Waals surface area contributed by atoms with Crippen molar-refractivity contribution in [2.45, 2.75) is 38.6 Å². The second kappa shape index (κ2) is 5.40. The van der Waals surface area contributed by atoms with Gasteiger partial charge in [-0.15, -0.1) is 0 Å². The quantitative estimate of drug-likeness (QED) is 0.857. The third-order valence-corrected chi connectivity index (χ3v) is 2.84. The Hall–Kier alpha value is -1.55. The van der Waals surface area contributed by atoms with Crippen molar-refractivity contribution in [1.29, 1.82) is 0 Å². The van der Waals surface area contributed by atoms with E-state index in [2.05, 4.69) is 20.8 Å². The van der Waals surface area contributed by atoms with E-state index in [9.17, 15) is 4.79 Å². The van der Waals surface area contributed by atoms with Crippen LogP contribution in [0, 0.1) is 0 Å². The van der Waals surface area contributed by atoms with Crippen molar-refractivity contribution in [2.24, 2.45) is 5.73 Å². The first kappa shape index (κ1) is 14.5. The van der Waals surface area contributed by atoms with E-state index in [4.69, 9.17) is 15.6 Å². The van der Waals surface area contributed by atoms with Gasteiger partial charge in [0.15, 0.2) is 0 Å². The van der Waals surface area contributed by atoms with Gasteiger partial charge in [0.05, 0.1) is 7.11 Å². The van der Waals surface area contributed by atoms with Crippen molar-refractivity contribution in [3.8, 4) is 5.75 Å². The van der Waals surface area contributed by atoms with Gasteiger partial charge in [-0.05, 0) is 29.0 Å². The molecule has 0 amide bonds. The van der Waals surface area contributed by atoms with Gasteiger partial charge in [-0.3, -0.25) is 4.79 Å². The van der Waals surface area contributed by atoms with Crippen molar-refractivity contribution in [3.05, 3.63) is 29.3 Å². The summed E-state index contributed by atoms with van der Waals surface area (Å²) in [6.45, 7) is 6.27. The van der Waals surface area contributed by atoms with Crippen molar-refractivity contribution in [1.82, 2.24) is 0 Å². The molecule has 0 fully saturated rings. The number of nitrogens with two attached hydrogens (primary N) is 1. The number of carboxylic acid groups (broad SMARTS) is 1. The molecule has 0 saturated heterocycles. The molecule has 18 heavy (non-hydrogen) atoms. The Balaban J connectivity index is 3.07. The summed E-state index contributed by atoms with van der Waals surface area (Å²) in [4.78, 5) is 10.8. The molecule has 1 unspecified atom stereocenters. The number of benzene rings is 1. The SMILES string of the molecule is COc1ccc(CC(N)C(=O)O)cc1C(C)(C)C. The molecule has 4 heteroatoms. The van der Waals surface area contributed by atoms with E-state index in [1.165, 1.54) is 0 Å². The zero-order chi connectivity index (χ0) is 13.9. The molecule has 3 N–H and O–H groups in total. The van der Waals surface area contributed by atoms with Gasteiger partial charge in [0, 0.05) is 0 Å². The van der Waals surface area contributed by atoms with Crippen LogP contribution in [0.3, 0.4) is 0 Å². The molecule has 0 aliphatic carbocycles. The normalized spacial score (nSPS) is 13.2. The Bertz CT molecular complexity index is 435. The molecule has 0 radical (unpaired) electrons. The number of ether oxygens (including phenoxy) is 1. The summed E-state index contributed by atoms with van der Waals surface area (Å²) in [7, 11) is 1.63. The van der Waals surface area contributed by atoms with Crippen molar-refractivity contribution < 1.29 is 14.6 Å². The second-order valence-corrected chi connectivity index (χ2v) is 5.43. The number of carbonyl (C=O) groups is 1. The summed E-state index contributed by atoms with van der Waals surface area (Å²) in [6.07, 6.45) is 0.322. The first-order chi connectivity index (χ1) is 8.25. The Kier molecular flexibility index (Phi) is 4.35. The van der Waals surface area contributed by atoms with E-state index in [0.717, 1.165) is 16.9 Å². The molecule has 0 aliphatic heterocycles. The largest absolute Gasteiger partial charge is 0.496 e. The van der Waals surface area contributed by atoms with Crippen LogP contribution in [0.4, 0.5) is 0 Å². The van der Waals surface area contributed by atoms with Crippen molar-refractivity contribution in [3.63, 3.8) is 0 Å². The third-order valence-electron chi connectivity index (χ3n) is 2.84. The first-order valence-electron chi connectivity index (χ1n) is 5.91. The van der Waals surface area contributed by atoms with E-state index >= 15 is 0 Å². The molecule has 1 aromatic rings. The van der Waals surface area contributed by atoms with Crippen LogP contribution in [-0.4, -0.2) is 24.2 Å². The predicted octanol–water partition coefficient (Wildman–Crippen LogP) is 1.95. The topological polar surface area (TPSA) is 72.5 Å². The standard InChI is InChI=1S/C14H21NO3/c1-14(2,3)10-7-9(5-6-12(10)18-4)8-11(15)13(16)17/h5-7,11H,8,15H2,1-4H3,(H,16,17). The predicted molar refractivity (Wildman–Crippen MR) is 71.0 cm³/mol. The fourth-order valence-electron chi connectivity index (χ4n) is 1.81. The Morgan fingerprint density at radius 3 is 2.50 bits per heavy atom. The van der Waals surface area contributed by atoms with E-state index in [-0.39, 0.29) is 5.41 Å². The highest BCUT2D eigenvalue weighted by molar-refractivity contribution is 5.73. The van der Waals surface area contributed by atoms with Gasteiger partial charge in [-0.2, -0.15) is 0 Å². The van der Waals surface area contributed by atoms with Crippen LogP contribution in [0.25, 0.3) is 0 Å². The highest BCUT2D eigenvalue weighted by Gasteiger charge is 2.20. The highest BCUT2D eigenvalue weighted by Crippen LogP contribution is 2.32. The summed E-state index contributed by atoms with van der Waals surface area (Å²) >= 11 is 0. The fraction of sp³-hybridized carbons (Fsp3) is 0.500. The van der Waals surface area contributed by atoms with Crippen LogP contribution in [-0.2, 0) is 16.6 Å². The maximum atomic E-state index is 10.8. The molecule has 1 rings (SSSR count). The summed E-state index contributed by atoms with van der Waals surface area (Å²) in [5.41, 5.74) is 7.45. The Morgan fingerprint density at radius 2 is 2.06 bits per heavy atom. The third kappa shape index (κ3) is 3.47. The monoisotopic (exact) mass is 251 g/mol. The zero-order valence-electron chi connectivity index (χ0n) is 11.4. The van der Waals surface area contributed by atoms with Gasteiger partial charge in [-0.1, -0.05) is 32.9 Å². The minimum absolute atomic E-state index is 0.0608.